The van der Waals surface area contributed by atoms with Gasteiger partial charge in [0.05, 0.1) is 4.92 Å². The van der Waals surface area contributed by atoms with Crippen LogP contribution in [0.4, 0.5) is 11.4 Å². The minimum absolute atomic E-state index is 0.160. The quantitative estimate of drug-likeness (QED) is 0.643. The Bertz CT molecular complexity index is 431. The van der Waals surface area contributed by atoms with E-state index >= 15 is 0 Å². The summed E-state index contributed by atoms with van der Waals surface area (Å²) < 4.78 is 0. The lowest BCUT2D eigenvalue weighted by molar-refractivity contribution is -0.384. The third-order valence-corrected chi connectivity index (χ3v) is 3.48. The molecule has 0 aliphatic heterocycles. The van der Waals surface area contributed by atoms with Crippen molar-refractivity contribution in [1.82, 2.24) is 0 Å². The number of nitro benzene ring substituents is 1. The van der Waals surface area contributed by atoms with Crippen molar-refractivity contribution in [3.05, 3.63) is 33.9 Å². The Morgan fingerprint density at radius 2 is 2.18 bits per heavy atom. The standard InChI is InChI=1S/C13H18N2O2/c1-9-3-4-11(7-9)14-13-6-5-12(15(16)17)8-10(13)2/h5-6,8-9,11,14H,3-4,7H2,1-2H3. The van der Waals surface area contributed by atoms with Gasteiger partial charge in [0.1, 0.15) is 0 Å². The lowest BCUT2D eigenvalue weighted by Gasteiger charge is -2.15. The van der Waals surface area contributed by atoms with Gasteiger partial charge in [-0.3, -0.25) is 10.1 Å². The van der Waals surface area contributed by atoms with Crippen molar-refractivity contribution < 1.29 is 4.92 Å². The fourth-order valence-corrected chi connectivity index (χ4v) is 2.48. The summed E-state index contributed by atoms with van der Waals surface area (Å²) >= 11 is 0. The van der Waals surface area contributed by atoms with Gasteiger partial charge in [-0.25, -0.2) is 0 Å². The average molecular weight is 234 g/mol. The first-order valence-corrected chi connectivity index (χ1v) is 6.08. The molecule has 2 unspecified atom stereocenters. The molecule has 0 aromatic heterocycles. The van der Waals surface area contributed by atoms with Gasteiger partial charge in [0.2, 0.25) is 0 Å². The minimum Gasteiger partial charge on any atom is -0.382 e. The Kier molecular flexibility index (Phi) is 3.31. The van der Waals surface area contributed by atoms with Crippen LogP contribution in [-0.4, -0.2) is 11.0 Å². The zero-order chi connectivity index (χ0) is 12.4. The zero-order valence-electron chi connectivity index (χ0n) is 10.3. The second-order valence-corrected chi connectivity index (χ2v) is 5.02. The number of anilines is 1. The fourth-order valence-electron chi connectivity index (χ4n) is 2.48. The van der Waals surface area contributed by atoms with Gasteiger partial charge in [0.25, 0.3) is 5.69 Å². The Hall–Kier alpha value is -1.58. The highest BCUT2D eigenvalue weighted by Crippen LogP contribution is 2.29. The molecule has 1 aliphatic rings. The second kappa shape index (κ2) is 4.73. The lowest BCUT2D eigenvalue weighted by Crippen LogP contribution is -2.15. The molecule has 17 heavy (non-hydrogen) atoms. The van der Waals surface area contributed by atoms with Crippen molar-refractivity contribution in [2.45, 2.75) is 39.2 Å². The van der Waals surface area contributed by atoms with Gasteiger partial charge in [-0.05, 0) is 43.7 Å². The Morgan fingerprint density at radius 3 is 2.71 bits per heavy atom. The van der Waals surface area contributed by atoms with Gasteiger partial charge in [-0.15, -0.1) is 0 Å². The van der Waals surface area contributed by atoms with Crippen LogP contribution in [0, 0.1) is 23.0 Å². The number of hydrogen-bond donors (Lipinski definition) is 1. The summed E-state index contributed by atoms with van der Waals surface area (Å²) in [4.78, 5) is 10.3. The summed E-state index contributed by atoms with van der Waals surface area (Å²) in [6.07, 6.45) is 3.65. The molecule has 1 saturated carbocycles. The number of non-ortho nitro benzene ring substituents is 1. The van der Waals surface area contributed by atoms with Crippen molar-refractivity contribution in [2.24, 2.45) is 5.92 Å². The maximum absolute atomic E-state index is 10.6. The molecule has 4 heteroatoms. The predicted octanol–water partition coefficient (Wildman–Crippen LogP) is 3.50. The molecule has 1 aliphatic carbocycles. The summed E-state index contributed by atoms with van der Waals surface area (Å²) in [7, 11) is 0. The van der Waals surface area contributed by atoms with Crippen LogP contribution in [0.15, 0.2) is 18.2 Å². The van der Waals surface area contributed by atoms with E-state index in [1.807, 2.05) is 13.0 Å². The lowest BCUT2D eigenvalue weighted by atomic mass is 10.1. The van der Waals surface area contributed by atoms with E-state index in [9.17, 15) is 10.1 Å². The molecule has 0 saturated heterocycles. The van der Waals surface area contributed by atoms with E-state index in [2.05, 4.69) is 12.2 Å². The molecular formula is C13H18N2O2. The van der Waals surface area contributed by atoms with Crippen molar-refractivity contribution >= 4 is 11.4 Å². The van der Waals surface area contributed by atoms with Crippen molar-refractivity contribution in [2.75, 3.05) is 5.32 Å². The Labute approximate surface area is 101 Å². The van der Waals surface area contributed by atoms with E-state index in [4.69, 9.17) is 0 Å². The van der Waals surface area contributed by atoms with Gasteiger partial charge in [0.15, 0.2) is 0 Å². The summed E-state index contributed by atoms with van der Waals surface area (Å²) in [5.74, 6) is 0.783. The van der Waals surface area contributed by atoms with Crippen LogP contribution >= 0.6 is 0 Å². The van der Waals surface area contributed by atoms with Crippen LogP contribution < -0.4 is 5.32 Å². The molecule has 92 valence electrons. The summed E-state index contributed by atoms with van der Waals surface area (Å²) in [6, 6.07) is 5.52. The molecule has 0 bridgehead atoms. The molecule has 1 aromatic rings. The molecular weight excluding hydrogens is 216 g/mol. The zero-order valence-corrected chi connectivity index (χ0v) is 10.3. The number of rotatable bonds is 3. The molecule has 0 spiro atoms. The maximum atomic E-state index is 10.6. The molecule has 0 amide bonds. The van der Waals surface area contributed by atoms with E-state index in [-0.39, 0.29) is 10.6 Å². The fraction of sp³-hybridized carbons (Fsp3) is 0.538. The van der Waals surface area contributed by atoms with E-state index in [1.54, 1.807) is 12.1 Å². The van der Waals surface area contributed by atoms with Crippen LogP contribution in [0.25, 0.3) is 0 Å². The van der Waals surface area contributed by atoms with Gasteiger partial charge < -0.3 is 5.32 Å². The van der Waals surface area contributed by atoms with Gasteiger partial charge in [-0.1, -0.05) is 6.92 Å². The second-order valence-electron chi connectivity index (χ2n) is 5.02. The van der Waals surface area contributed by atoms with Gasteiger partial charge in [-0.2, -0.15) is 0 Å². The SMILES string of the molecule is Cc1cc([N+](=O)[O-])ccc1NC1CCC(C)C1. The third kappa shape index (κ3) is 2.75. The van der Waals surface area contributed by atoms with Crippen LogP contribution in [0.3, 0.4) is 0 Å². The predicted molar refractivity (Wildman–Crippen MR) is 68.3 cm³/mol. The number of aryl methyl sites for hydroxylation is 1. The van der Waals surface area contributed by atoms with Gasteiger partial charge >= 0.3 is 0 Å². The first kappa shape index (κ1) is 11.9. The highest BCUT2D eigenvalue weighted by molar-refractivity contribution is 5.56. The van der Waals surface area contributed by atoms with Crippen molar-refractivity contribution in [1.29, 1.82) is 0 Å². The Balaban J connectivity index is 2.09. The van der Waals surface area contributed by atoms with E-state index in [0.29, 0.717) is 6.04 Å². The van der Waals surface area contributed by atoms with Crippen LogP contribution in [0.1, 0.15) is 31.7 Å². The number of nitrogens with one attached hydrogen (secondary N) is 1. The largest absolute Gasteiger partial charge is 0.382 e. The van der Waals surface area contributed by atoms with E-state index in [1.165, 1.54) is 19.3 Å². The number of hydrogen-bond acceptors (Lipinski definition) is 3. The highest BCUT2D eigenvalue weighted by Gasteiger charge is 2.21. The third-order valence-electron chi connectivity index (χ3n) is 3.48. The molecule has 2 rings (SSSR count). The number of benzene rings is 1. The number of nitro groups is 1. The molecule has 1 fully saturated rings. The monoisotopic (exact) mass is 234 g/mol. The topological polar surface area (TPSA) is 55.2 Å². The molecule has 4 nitrogen and oxygen atoms in total. The summed E-state index contributed by atoms with van der Waals surface area (Å²) in [5, 5.41) is 14.1. The first-order chi connectivity index (χ1) is 8.06. The summed E-state index contributed by atoms with van der Waals surface area (Å²) in [6.45, 7) is 4.18. The molecule has 0 heterocycles. The van der Waals surface area contributed by atoms with Crippen LogP contribution in [-0.2, 0) is 0 Å². The van der Waals surface area contributed by atoms with Crippen molar-refractivity contribution in [3.8, 4) is 0 Å². The highest BCUT2D eigenvalue weighted by atomic mass is 16.6. The average Bonchev–Trinajstić information content (AvgIpc) is 2.67. The first-order valence-electron chi connectivity index (χ1n) is 6.08. The number of nitrogens with zero attached hydrogens (tertiary/aromatic N) is 1. The van der Waals surface area contributed by atoms with E-state index < -0.39 is 0 Å². The molecule has 1 aromatic carbocycles. The molecule has 1 N–H and O–H groups in total. The molecule has 2 atom stereocenters. The van der Waals surface area contributed by atoms with Crippen LogP contribution in [0.5, 0.6) is 0 Å². The Morgan fingerprint density at radius 1 is 1.41 bits per heavy atom. The normalized spacial score (nSPS) is 23.6. The summed E-state index contributed by atoms with van der Waals surface area (Å²) in [5.41, 5.74) is 2.13. The smallest absolute Gasteiger partial charge is 0.269 e. The maximum Gasteiger partial charge on any atom is 0.269 e. The van der Waals surface area contributed by atoms with Gasteiger partial charge in [0, 0.05) is 23.9 Å². The van der Waals surface area contributed by atoms with E-state index in [0.717, 1.165) is 17.2 Å². The van der Waals surface area contributed by atoms with Crippen LogP contribution in [0.2, 0.25) is 0 Å². The van der Waals surface area contributed by atoms with Crippen molar-refractivity contribution in [3.63, 3.8) is 0 Å². The minimum atomic E-state index is -0.353. The molecule has 0 radical (unpaired) electrons.